The van der Waals surface area contributed by atoms with Gasteiger partial charge < -0.3 is 10.1 Å². The first-order chi connectivity index (χ1) is 14.0. The van der Waals surface area contributed by atoms with E-state index in [4.69, 9.17) is 4.74 Å². The Hall–Kier alpha value is -3.48. The van der Waals surface area contributed by atoms with E-state index in [1.54, 1.807) is 24.3 Å². The van der Waals surface area contributed by atoms with Crippen molar-refractivity contribution in [1.29, 1.82) is 0 Å². The Morgan fingerprint density at radius 1 is 1.07 bits per heavy atom. The fourth-order valence-electron chi connectivity index (χ4n) is 2.87. The highest BCUT2D eigenvalue weighted by molar-refractivity contribution is 6.02. The summed E-state index contributed by atoms with van der Waals surface area (Å²) in [5.74, 6) is -1.13. The Morgan fingerprint density at radius 3 is 2.41 bits per heavy atom. The molecule has 0 unspecified atom stereocenters. The van der Waals surface area contributed by atoms with E-state index < -0.39 is 12.6 Å². The molecule has 1 N–H and O–H groups in total. The molecule has 0 spiro atoms. The number of amides is 1. The van der Waals surface area contributed by atoms with Gasteiger partial charge in [0.2, 0.25) is 0 Å². The minimum atomic E-state index is -0.748. The van der Waals surface area contributed by atoms with Gasteiger partial charge in [0.05, 0.1) is 11.9 Å². The predicted octanol–water partition coefficient (Wildman–Crippen LogP) is 2.52. The molecule has 0 bridgehead atoms. The predicted molar refractivity (Wildman–Crippen MR) is 110 cm³/mol. The van der Waals surface area contributed by atoms with Gasteiger partial charge in [-0.15, -0.1) is 0 Å². The molecule has 7 heteroatoms. The standard InChI is InChI=1S/C22H23N3O4/c1-3-15(2)23-19(26)14-29-22(28)20-17-11-7-8-12-18(17)21(27)25(24-20)13-16-9-5-4-6-10-16/h4-12,15H,3,13-14H2,1-2H3,(H,23,26)/t15-/m1/s1. The average Bonchev–Trinajstić information content (AvgIpc) is 2.74. The normalized spacial score (nSPS) is 11.8. The Morgan fingerprint density at radius 2 is 1.72 bits per heavy atom. The van der Waals surface area contributed by atoms with E-state index in [9.17, 15) is 14.4 Å². The highest BCUT2D eigenvalue weighted by Crippen LogP contribution is 2.15. The smallest absolute Gasteiger partial charge is 0.359 e. The molecule has 0 saturated heterocycles. The molecule has 2 aromatic carbocycles. The maximum Gasteiger partial charge on any atom is 0.359 e. The second-order valence-electron chi connectivity index (χ2n) is 6.80. The number of hydrogen-bond acceptors (Lipinski definition) is 5. The van der Waals surface area contributed by atoms with E-state index in [0.717, 1.165) is 12.0 Å². The molecule has 0 fully saturated rings. The topological polar surface area (TPSA) is 90.3 Å². The first-order valence-corrected chi connectivity index (χ1v) is 9.50. The molecule has 0 aliphatic carbocycles. The van der Waals surface area contributed by atoms with Crippen LogP contribution in [0.1, 0.15) is 36.3 Å². The lowest BCUT2D eigenvalue weighted by Crippen LogP contribution is -2.35. The second kappa shape index (κ2) is 9.14. The van der Waals surface area contributed by atoms with Crippen molar-refractivity contribution in [3.63, 3.8) is 0 Å². The lowest BCUT2D eigenvalue weighted by Gasteiger charge is -2.13. The molecule has 0 aliphatic rings. The minimum absolute atomic E-state index is 0.00654. The van der Waals surface area contributed by atoms with Gasteiger partial charge in [0.15, 0.2) is 12.3 Å². The van der Waals surface area contributed by atoms with Crippen molar-refractivity contribution in [3.8, 4) is 0 Å². The van der Waals surface area contributed by atoms with Crippen LogP contribution in [0.3, 0.4) is 0 Å². The van der Waals surface area contributed by atoms with Crippen LogP contribution >= 0.6 is 0 Å². The molecule has 0 saturated carbocycles. The number of ether oxygens (including phenoxy) is 1. The van der Waals surface area contributed by atoms with Crippen LogP contribution in [-0.2, 0) is 16.1 Å². The summed E-state index contributed by atoms with van der Waals surface area (Å²) in [6.45, 7) is 3.63. The highest BCUT2D eigenvalue weighted by Gasteiger charge is 2.19. The highest BCUT2D eigenvalue weighted by atomic mass is 16.5. The minimum Gasteiger partial charge on any atom is -0.451 e. The second-order valence-corrected chi connectivity index (χ2v) is 6.80. The van der Waals surface area contributed by atoms with Crippen molar-refractivity contribution in [1.82, 2.24) is 15.1 Å². The lowest BCUT2D eigenvalue weighted by atomic mass is 10.1. The Kier molecular flexibility index (Phi) is 6.39. The quantitative estimate of drug-likeness (QED) is 0.623. The molecule has 150 valence electrons. The summed E-state index contributed by atoms with van der Waals surface area (Å²) in [7, 11) is 0. The number of hydrogen-bond donors (Lipinski definition) is 1. The summed E-state index contributed by atoms with van der Waals surface area (Å²) >= 11 is 0. The number of carbonyl (C=O) groups is 2. The maximum absolute atomic E-state index is 12.8. The van der Waals surface area contributed by atoms with Crippen molar-refractivity contribution in [3.05, 3.63) is 76.2 Å². The van der Waals surface area contributed by atoms with Gasteiger partial charge in [-0.05, 0) is 25.0 Å². The van der Waals surface area contributed by atoms with Crippen LogP contribution in [0, 0.1) is 0 Å². The van der Waals surface area contributed by atoms with Gasteiger partial charge >= 0.3 is 5.97 Å². The summed E-state index contributed by atoms with van der Waals surface area (Å²) in [4.78, 5) is 37.4. The molecule has 3 rings (SSSR count). The molecule has 7 nitrogen and oxygen atoms in total. The lowest BCUT2D eigenvalue weighted by molar-refractivity contribution is -0.124. The van der Waals surface area contributed by atoms with Gasteiger partial charge in [-0.3, -0.25) is 9.59 Å². The van der Waals surface area contributed by atoms with E-state index in [1.807, 2.05) is 44.2 Å². The van der Waals surface area contributed by atoms with Crippen LogP contribution in [0.5, 0.6) is 0 Å². The largest absolute Gasteiger partial charge is 0.451 e. The summed E-state index contributed by atoms with van der Waals surface area (Å²) in [5.41, 5.74) is 0.590. The van der Waals surface area contributed by atoms with E-state index in [2.05, 4.69) is 10.4 Å². The molecule has 0 radical (unpaired) electrons. The van der Waals surface area contributed by atoms with Crippen molar-refractivity contribution in [2.75, 3.05) is 6.61 Å². The number of nitrogens with zero attached hydrogens (tertiary/aromatic N) is 2. The summed E-state index contributed by atoms with van der Waals surface area (Å²) in [6, 6.07) is 16.1. The van der Waals surface area contributed by atoms with Gasteiger partial charge in [0.25, 0.3) is 11.5 Å². The zero-order valence-electron chi connectivity index (χ0n) is 16.4. The number of esters is 1. The fourth-order valence-corrected chi connectivity index (χ4v) is 2.87. The van der Waals surface area contributed by atoms with E-state index in [-0.39, 0.29) is 29.7 Å². The van der Waals surface area contributed by atoms with Gasteiger partial charge in [0, 0.05) is 11.4 Å². The Bertz CT molecular complexity index is 1080. The number of aromatic nitrogens is 2. The third-order valence-electron chi connectivity index (χ3n) is 4.59. The summed E-state index contributed by atoms with van der Waals surface area (Å²) < 4.78 is 6.40. The molecule has 0 aliphatic heterocycles. The number of fused-ring (bicyclic) bond motifs is 1. The van der Waals surface area contributed by atoms with Crippen molar-refractivity contribution >= 4 is 22.6 Å². The molecule has 1 heterocycles. The van der Waals surface area contributed by atoms with Crippen molar-refractivity contribution in [2.45, 2.75) is 32.9 Å². The van der Waals surface area contributed by atoms with Gasteiger partial charge in [-0.2, -0.15) is 5.10 Å². The van der Waals surface area contributed by atoms with Gasteiger partial charge in [0.1, 0.15) is 0 Å². The molecule has 1 amide bonds. The molecule has 3 aromatic rings. The third-order valence-corrected chi connectivity index (χ3v) is 4.59. The third kappa shape index (κ3) is 4.87. The van der Waals surface area contributed by atoms with Crippen molar-refractivity contribution in [2.24, 2.45) is 0 Å². The van der Waals surface area contributed by atoms with Crippen LogP contribution in [-0.4, -0.2) is 34.3 Å². The van der Waals surface area contributed by atoms with E-state index >= 15 is 0 Å². The number of rotatable bonds is 7. The van der Waals surface area contributed by atoms with Gasteiger partial charge in [-0.1, -0.05) is 55.5 Å². The Balaban J connectivity index is 1.90. The average molecular weight is 393 g/mol. The molecule has 1 aromatic heterocycles. The zero-order chi connectivity index (χ0) is 20.8. The summed E-state index contributed by atoms with van der Waals surface area (Å²) in [5, 5.41) is 7.75. The molecule has 29 heavy (non-hydrogen) atoms. The fraction of sp³-hybridized carbons (Fsp3) is 0.273. The molecule has 1 atom stereocenters. The van der Waals surface area contributed by atoms with Crippen molar-refractivity contribution < 1.29 is 14.3 Å². The van der Waals surface area contributed by atoms with Crippen LogP contribution in [0.2, 0.25) is 0 Å². The van der Waals surface area contributed by atoms with Crippen LogP contribution in [0.15, 0.2) is 59.4 Å². The van der Waals surface area contributed by atoms with Crippen LogP contribution in [0.4, 0.5) is 0 Å². The van der Waals surface area contributed by atoms with E-state index in [1.165, 1.54) is 4.68 Å². The first kappa shape index (κ1) is 20.3. The Labute approximate surface area is 168 Å². The first-order valence-electron chi connectivity index (χ1n) is 9.50. The SMILES string of the molecule is CC[C@@H](C)NC(=O)COC(=O)c1nn(Cc2ccccc2)c(=O)c2ccccc12. The summed E-state index contributed by atoms with van der Waals surface area (Å²) in [6.07, 6.45) is 0.774. The number of nitrogens with one attached hydrogen (secondary N) is 1. The monoisotopic (exact) mass is 393 g/mol. The van der Waals surface area contributed by atoms with Gasteiger partial charge in [-0.25, -0.2) is 9.48 Å². The zero-order valence-corrected chi connectivity index (χ0v) is 16.4. The van der Waals surface area contributed by atoms with Crippen LogP contribution < -0.4 is 10.9 Å². The molecular weight excluding hydrogens is 370 g/mol. The van der Waals surface area contributed by atoms with Crippen LogP contribution in [0.25, 0.3) is 10.8 Å². The molecular formula is C22H23N3O4. The number of benzene rings is 2. The maximum atomic E-state index is 12.8. The van der Waals surface area contributed by atoms with E-state index in [0.29, 0.717) is 10.8 Å². The number of carbonyl (C=O) groups excluding carboxylic acids is 2.